The van der Waals surface area contributed by atoms with Gasteiger partial charge in [-0.3, -0.25) is 9.20 Å². The van der Waals surface area contributed by atoms with Crippen LogP contribution in [0.5, 0.6) is 0 Å². The number of carboxylic acids is 1. The summed E-state index contributed by atoms with van der Waals surface area (Å²) < 4.78 is 2.16. The minimum atomic E-state index is -0.761. The average molecular weight is 250 g/mol. The molecule has 1 N–H and O–H groups in total. The van der Waals surface area contributed by atoms with Gasteiger partial charge in [-0.25, -0.2) is 4.98 Å². The van der Waals surface area contributed by atoms with E-state index in [0.717, 1.165) is 17.1 Å². The summed E-state index contributed by atoms with van der Waals surface area (Å²) >= 11 is 1.76. The average Bonchev–Trinajstić information content (AvgIpc) is 2.83. The molecule has 2 aromatic rings. The highest BCUT2D eigenvalue weighted by Gasteiger charge is 2.17. The number of carbonyl (C=O) groups is 1. The van der Waals surface area contributed by atoms with E-state index in [4.69, 9.17) is 5.11 Å². The molecule has 0 aliphatic heterocycles. The summed E-state index contributed by atoms with van der Waals surface area (Å²) in [6.07, 6.45) is 7.53. The summed E-state index contributed by atoms with van der Waals surface area (Å²) in [6.45, 7) is 0. The van der Waals surface area contributed by atoms with E-state index in [1.165, 1.54) is 29.8 Å². The van der Waals surface area contributed by atoms with Gasteiger partial charge in [-0.1, -0.05) is 0 Å². The fraction of sp³-hybridized carbons (Fsp3) is 0.500. The van der Waals surface area contributed by atoms with Crippen LogP contribution in [0.2, 0.25) is 0 Å². The molecular formula is C12H14N2O2S. The van der Waals surface area contributed by atoms with Gasteiger partial charge in [-0.2, -0.15) is 0 Å². The van der Waals surface area contributed by atoms with Gasteiger partial charge in [0.2, 0.25) is 0 Å². The van der Waals surface area contributed by atoms with Crippen LogP contribution < -0.4 is 0 Å². The van der Waals surface area contributed by atoms with Gasteiger partial charge in [-0.05, 0) is 25.7 Å². The van der Waals surface area contributed by atoms with Crippen LogP contribution >= 0.6 is 11.3 Å². The minimum Gasteiger partial charge on any atom is -0.481 e. The van der Waals surface area contributed by atoms with Gasteiger partial charge in [0.1, 0.15) is 0 Å². The van der Waals surface area contributed by atoms with Crippen LogP contribution in [0.25, 0.3) is 4.96 Å². The third-order valence-corrected chi connectivity index (χ3v) is 4.37. The number of aliphatic carboxylic acids is 1. The number of hydrogen-bond acceptors (Lipinski definition) is 3. The number of nitrogens with zero attached hydrogens (tertiary/aromatic N) is 2. The van der Waals surface area contributed by atoms with Crippen molar-refractivity contribution >= 4 is 22.3 Å². The molecule has 1 aliphatic carbocycles. The molecule has 0 fully saturated rings. The molecule has 4 nitrogen and oxygen atoms in total. The first-order chi connectivity index (χ1) is 8.24. The molecule has 0 saturated heterocycles. The molecule has 0 aromatic carbocycles. The number of aryl methyl sites for hydroxylation is 3. The second-order valence-electron chi connectivity index (χ2n) is 4.46. The maximum atomic E-state index is 10.5. The Morgan fingerprint density at radius 2 is 2.29 bits per heavy atom. The van der Waals surface area contributed by atoms with Gasteiger partial charge in [0.15, 0.2) is 4.96 Å². The zero-order chi connectivity index (χ0) is 11.8. The number of imidazole rings is 1. The van der Waals surface area contributed by atoms with Crippen molar-refractivity contribution in [3.05, 3.63) is 22.5 Å². The molecule has 3 rings (SSSR count). The fourth-order valence-electron chi connectivity index (χ4n) is 2.37. The normalized spacial score (nSPS) is 15.1. The van der Waals surface area contributed by atoms with Crippen molar-refractivity contribution < 1.29 is 9.90 Å². The van der Waals surface area contributed by atoms with E-state index in [2.05, 4.69) is 9.38 Å². The van der Waals surface area contributed by atoms with Crippen molar-refractivity contribution in [3.63, 3.8) is 0 Å². The number of thiazole rings is 1. The lowest BCUT2D eigenvalue weighted by atomic mass is 10.0. The van der Waals surface area contributed by atoms with Crippen molar-refractivity contribution in [2.45, 2.75) is 38.5 Å². The van der Waals surface area contributed by atoms with Crippen LogP contribution in [0.15, 0.2) is 6.20 Å². The van der Waals surface area contributed by atoms with Crippen molar-refractivity contribution in [3.8, 4) is 0 Å². The molecule has 0 saturated carbocycles. The zero-order valence-electron chi connectivity index (χ0n) is 9.48. The van der Waals surface area contributed by atoms with Crippen molar-refractivity contribution in [1.82, 2.24) is 9.38 Å². The predicted molar refractivity (Wildman–Crippen MR) is 65.7 cm³/mol. The van der Waals surface area contributed by atoms with E-state index in [1.807, 2.05) is 6.20 Å². The lowest BCUT2D eigenvalue weighted by Gasteiger charge is -2.09. The van der Waals surface area contributed by atoms with E-state index in [9.17, 15) is 4.79 Å². The molecule has 0 bridgehead atoms. The first-order valence-corrected chi connectivity index (χ1v) is 6.76. The van der Waals surface area contributed by atoms with Crippen LogP contribution in [0.1, 0.15) is 35.5 Å². The molecule has 5 heteroatoms. The summed E-state index contributed by atoms with van der Waals surface area (Å²) in [5.74, 6) is -0.761. The lowest BCUT2D eigenvalue weighted by molar-refractivity contribution is -0.136. The van der Waals surface area contributed by atoms with Gasteiger partial charge in [0.25, 0.3) is 0 Å². The highest BCUT2D eigenvalue weighted by Crippen LogP contribution is 2.30. The topological polar surface area (TPSA) is 54.6 Å². The third-order valence-electron chi connectivity index (χ3n) is 3.21. The van der Waals surface area contributed by atoms with E-state index in [-0.39, 0.29) is 6.42 Å². The maximum absolute atomic E-state index is 10.5. The molecule has 1 aliphatic rings. The second kappa shape index (κ2) is 4.14. The standard InChI is InChI=1S/C12H14N2O2S/c15-11(16)6-5-8-7-14-9-3-1-2-4-10(9)17-12(14)13-8/h7H,1-6H2,(H,15,16). The van der Waals surface area contributed by atoms with E-state index >= 15 is 0 Å². The number of fused-ring (bicyclic) bond motifs is 3. The molecule has 2 aromatic heterocycles. The van der Waals surface area contributed by atoms with E-state index in [1.54, 1.807) is 11.3 Å². The fourth-order valence-corrected chi connectivity index (χ4v) is 3.58. The van der Waals surface area contributed by atoms with Crippen LogP contribution in [0, 0.1) is 0 Å². The van der Waals surface area contributed by atoms with Crippen LogP contribution in [0.3, 0.4) is 0 Å². The van der Waals surface area contributed by atoms with Crippen LogP contribution in [-0.4, -0.2) is 20.5 Å². The van der Waals surface area contributed by atoms with Gasteiger partial charge in [0, 0.05) is 23.2 Å². The smallest absolute Gasteiger partial charge is 0.303 e. The molecule has 90 valence electrons. The molecule has 0 amide bonds. The number of rotatable bonds is 3. The van der Waals surface area contributed by atoms with Crippen molar-refractivity contribution in [2.75, 3.05) is 0 Å². The highest BCUT2D eigenvalue weighted by molar-refractivity contribution is 7.17. The molecular weight excluding hydrogens is 236 g/mol. The highest BCUT2D eigenvalue weighted by atomic mass is 32.1. The van der Waals surface area contributed by atoms with Gasteiger partial charge in [0.05, 0.1) is 12.1 Å². The summed E-state index contributed by atoms with van der Waals surface area (Å²) in [5.41, 5.74) is 2.29. The quantitative estimate of drug-likeness (QED) is 0.909. The van der Waals surface area contributed by atoms with Gasteiger partial charge >= 0.3 is 5.97 Å². The largest absolute Gasteiger partial charge is 0.481 e. The Balaban J connectivity index is 1.92. The zero-order valence-corrected chi connectivity index (χ0v) is 10.3. The van der Waals surface area contributed by atoms with Crippen LogP contribution in [-0.2, 0) is 24.1 Å². The second-order valence-corrected chi connectivity index (χ2v) is 5.52. The number of carboxylic acid groups (broad SMARTS) is 1. The lowest BCUT2D eigenvalue weighted by Crippen LogP contribution is -2.02. The molecule has 17 heavy (non-hydrogen) atoms. The Morgan fingerprint density at radius 3 is 3.12 bits per heavy atom. The number of hydrogen-bond donors (Lipinski definition) is 1. The Morgan fingerprint density at radius 1 is 1.47 bits per heavy atom. The Kier molecular flexibility index (Phi) is 2.63. The summed E-state index contributed by atoms with van der Waals surface area (Å²) in [4.78, 5) is 17.5. The van der Waals surface area contributed by atoms with Gasteiger partial charge < -0.3 is 5.11 Å². The monoisotopic (exact) mass is 250 g/mol. The van der Waals surface area contributed by atoms with Crippen LogP contribution in [0.4, 0.5) is 0 Å². The minimum absolute atomic E-state index is 0.160. The molecule has 0 atom stereocenters. The summed E-state index contributed by atoms with van der Waals surface area (Å²) in [6, 6.07) is 0. The Hall–Kier alpha value is -1.36. The van der Waals surface area contributed by atoms with E-state index in [0.29, 0.717) is 6.42 Å². The molecule has 2 heterocycles. The summed E-state index contributed by atoms with van der Waals surface area (Å²) in [7, 11) is 0. The molecule has 0 unspecified atom stereocenters. The SMILES string of the molecule is O=C(O)CCc1cn2c3c(sc2n1)CCCC3. The number of aromatic nitrogens is 2. The molecule has 0 radical (unpaired) electrons. The van der Waals surface area contributed by atoms with E-state index < -0.39 is 5.97 Å². The maximum Gasteiger partial charge on any atom is 0.303 e. The van der Waals surface area contributed by atoms with Crippen molar-refractivity contribution in [1.29, 1.82) is 0 Å². The predicted octanol–water partition coefficient (Wildman–Crippen LogP) is 2.29. The third kappa shape index (κ3) is 1.95. The first kappa shape index (κ1) is 10.8. The summed E-state index contributed by atoms with van der Waals surface area (Å²) in [5, 5.41) is 8.66. The first-order valence-electron chi connectivity index (χ1n) is 5.94. The Labute approximate surface area is 103 Å². The van der Waals surface area contributed by atoms with Gasteiger partial charge in [-0.15, -0.1) is 11.3 Å². The molecule has 0 spiro atoms. The van der Waals surface area contributed by atoms with Crippen molar-refractivity contribution in [2.24, 2.45) is 0 Å². The Bertz CT molecular complexity index is 570.